The average molecular weight is 324 g/mol. The lowest BCUT2D eigenvalue weighted by Crippen LogP contribution is -2.00. The van der Waals surface area contributed by atoms with E-state index in [1.54, 1.807) is 6.07 Å². The molecule has 0 aliphatic rings. The molecule has 0 unspecified atom stereocenters. The largest absolute Gasteiger partial charge is 0.486 e. The van der Waals surface area contributed by atoms with E-state index in [2.05, 4.69) is 15.9 Å². The Kier molecular flexibility index (Phi) is 4.13. The smallest absolute Gasteiger partial charge is 0.165 e. The second kappa shape index (κ2) is 5.81. The number of hydrogen-bond donors (Lipinski definition) is 0. The van der Waals surface area contributed by atoms with Crippen molar-refractivity contribution in [1.29, 1.82) is 5.26 Å². The fraction of sp³-hybridized carbons (Fsp3) is 0.0714. The van der Waals surface area contributed by atoms with Crippen LogP contribution in [0.4, 0.5) is 8.78 Å². The third-order valence-corrected chi connectivity index (χ3v) is 2.94. The van der Waals surface area contributed by atoms with E-state index in [9.17, 15) is 8.78 Å². The predicted molar refractivity (Wildman–Crippen MR) is 69.5 cm³/mol. The molecule has 0 saturated carbocycles. The van der Waals surface area contributed by atoms with Gasteiger partial charge in [0.05, 0.1) is 11.6 Å². The molecule has 0 aliphatic carbocycles. The molecule has 0 aliphatic heterocycles. The zero-order valence-corrected chi connectivity index (χ0v) is 11.2. The normalized spacial score (nSPS) is 10.0. The van der Waals surface area contributed by atoms with Crippen LogP contribution in [-0.2, 0) is 6.61 Å². The van der Waals surface area contributed by atoms with Gasteiger partial charge in [-0.15, -0.1) is 0 Å². The highest BCUT2D eigenvalue weighted by molar-refractivity contribution is 9.10. The highest BCUT2D eigenvalue weighted by Crippen LogP contribution is 2.23. The molecule has 0 bridgehead atoms. The molecule has 0 saturated heterocycles. The first-order valence-corrected chi connectivity index (χ1v) is 6.16. The summed E-state index contributed by atoms with van der Waals surface area (Å²) in [5.41, 5.74) is 0.535. The van der Waals surface area contributed by atoms with Gasteiger partial charge in [-0.05, 0) is 36.4 Å². The van der Waals surface area contributed by atoms with Crippen molar-refractivity contribution < 1.29 is 13.5 Å². The standard InChI is InChI=1S/C14H8BrF2NO/c15-11-2-4-13(17)14(6-11)19-8-10-5-9(7-18)1-3-12(10)16/h1-6H,8H2. The van der Waals surface area contributed by atoms with Gasteiger partial charge in [0.1, 0.15) is 12.4 Å². The second-order valence-corrected chi connectivity index (χ2v) is 4.70. The van der Waals surface area contributed by atoms with Crippen LogP contribution < -0.4 is 4.74 Å². The zero-order valence-electron chi connectivity index (χ0n) is 9.66. The maximum atomic E-state index is 13.5. The molecule has 96 valence electrons. The Bertz CT molecular complexity index is 652. The summed E-state index contributed by atoms with van der Waals surface area (Å²) in [5.74, 6) is -0.995. The number of nitrogens with zero attached hydrogens (tertiary/aromatic N) is 1. The molecule has 2 aromatic rings. The van der Waals surface area contributed by atoms with E-state index in [1.807, 2.05) is 6.07 Å². The Balaban J connectivity index is 2.19. The molecular weight excluding hydrogens is 316 g/mol. The van der Waals surface area contributed by atoms with Crippen molar-refractivity contribution in [3.8, 4) is 11.8 Å². The summed E-state index contributed by atoms with van der Waals surface area (Å²) in [7, 11) is 0. The first-order valence-electron chi connectivity index (χ1n) is 5.36. The monoisotopic (exact) mass is 323 g/mol. The molecule has 0 atom stereocenters. The molecule has 2 aromatic carbocycles. The van der Waals surface area contributed by atoms with Crippen LogP contribution in [0.3, 0.4) is 0 Å². The number of rotatable bonds is 3. The predicted octanol–water partition coefficient (Wildman–Crippen LogP) is 4.18. The average Bonchev–Trinajstić information content (AvgIpc) is 2.41. The summed E-state index contributed by atoms with van der Waals surface area (Å²) in [5, 5.41) is 8.74. The van der Waals surface area contributed by atoms with Gasteiger partial charge in [0.15, 0.2) is 11.6 Å². The Morgan fingerprint density at radius 1 is 1.11 bits per heavy atom. The third-order valence-electron chi connectivity index (χ3n) is 2.45. The number of halogens is 3. The van der Waals surface area contributed by atoms with Gasteiger partial charge < -0.3 is 4.74 Å². The fourth-order valence-corrected chi connectivity index (χ4v) is 1.84. The van der Waals surface area contributed by atoms with Crippen LogP contribution in [0, 0.1) is 23.0 Å². The minimum atomic E-state index is -0.528. The molecule has 0 spiro atoms. The van der Waals surface area contributed by atoms with Crippen molar-refractivity contribution in [2.24, 2.45) is 0 Å². The van der Waals surface area contributed by atoms with Crippen LogP contribution in [0.5, 0.6) is 5.75 Å². The van der Waals surface area contributed by atoms with Crippen LogP contribution in [0.2, 0.25) is 0 Å². The van der Waals surface area contributed by atoms with Crippen LogP contribution in [-0.4, -0.2) is 0 Å². The van der Waals surface area contributed by atoms with Crippen molar-refractivity contribution >= 4 is 15.9 Å². The Morgan fingerprint density at radius 2 is 1.84 bits per heavy atom. The summed E-state index contributed by atoms with van der Waals surface area (Å²) in [4.78, 5) is 0. The molecular formula is C14H8BrF2NO. The fourth-order valence-electron chi connectivity index (χ4n) is 1.50. The first kappa shape index (κ1) is 13.5. The van der Waals surface area contributed by atoms with Crippen LogP contribution >= 0.6 is 15.9 Å². The number of nitriles is 1. The van der Waals surface area contributed by atoms with Crippen molar-refractivity contribution in [2.75, 3.05) is 0 Å². The van der Waals surface area contributed by atoms with E-state index in [4.69, 9.17) is 10.00 Å². The lowest BCUT2D eigenvalue weighted by Gasteiger charge is -2.08. The van der Waals surface area contributed by atoms with Crippen molar-refractivity contribution in [1.82, 2.24) is 0 Å². The molecule has 0 N–H and O–H groups in total. The van der Waals surface area contributed by atoms with Gasteiger partial charge in [0.25, 0.3) is 0 Å². The van der Waals surface area contributed by atoms with E-state index in [1.165, 1.54) is 30.3 Å². The molecule has 2 nitrogen and oxygen atoms in total. The maximum absolute atomic E-state index is 13.5. The van der Waals surface area contributed by atoms with E-state index < -0.39 is 11.6 Å². The van der Waals surface area contributed by atoms with E-state index in [-0.39, 0.29) is 17.9 Å². The van der Waals surface area contributed by atoms with Gasteiger partial charge in [-0.3, -0.25) is 0 Å². The molecule has 0 radical (unpaired) electrons. The van der Waals surface area contributed by atoms with Gasteiger partial charge in [-0.2, -0.15) is 5.26 Å². The second-order valence-electron chi connectivity index (χ2n) is 3.78. The van der Waals surface area contributed by atoms with Crippen LogP contribution in [0.15, 0.2) is 40.9 Å². The quantitative estimate of drug-likeness (QED) is 0.849. The van der Waals surface area contributed by atoms with E-state index in [0.717, 1.165) is 0 Å². The number of benzene rings is 2. The summed E-state index contributed by atoms with van der Waals surface area (Å²) in [6.45, 7) is -0.144. The van der Waals surface area contributed by atoms with Gasteiger partial charge in [0, 0.05) is 10.0 Å². The van der Waals surface area contributed by atoms with Gasteiger partial charge in [-0.1, -0.05) is 15.9 Å². The first-order chi connectivity index (χ1) is 9.10. The highest BCUT2D eigenvalue weighted by Gasteiger charge is 2.08. The number of ether oxygens (including phenoxy) is 1. The summed E-state index contributed by atoms with van der Waals surface area (Å²) in [6, 6.07) is 10.1. The maximum Gasteiger partial charge on any atom is 0.165 e. The summed E-state index contributed by atoms with van der Waals surface area (Å²) < 4.78 is 32.8. The van der Waals surface area contributed by atoms with Crippen molar-refractivity contribution in [3.63, 3.8) is 0 Å². The molecule has 2 rings (SSSR count). The highest BCUT2D eigenvalue weighted by atomic mass is 79.9. The van der Waals surface area contributed by atoms with E-state index in [0.29, 0.717) is 10.0 Å². The minimum Gasteiger partial charge on any atom is -0.486 e. The van der Waals surface area contributed by atoms with Crippen LogP contribution in [0.25, 0.3) is 0 Å². The van der Waals surface area contributed by atoms with Gasteiger partial charge in [0.2, 0.25) is 0 Å². The molecule has 0 amide bonds. The summed E-state index contributed by atoms with van der Waals surface area (Å²) >= 11 is 3.20. The summed E-state index contributed by atoms with van der Waals surface area (Å²) in [6.07, 6.45) is 0. The molecule has 0 fully saturated rings. The lowest BCUT2D eigenvalue weighted by atomic mass is 10.1. The Morgan fingerprint density at radius 3 is 2.58 bits per heavy atom. The van der Waals surface area contributed by atoms with Gasteiger partial charge >= 0.3 is 0 Å². The third kappa shape index (κ3) is 3.30. The molecule has 0 heterocycles. The lowest BCUT2D eigenvalue weighted by molar-refractivity contribution is 0.284. The van der Waals surface area contributed by atoms with Crippen molar-refractivity contribution in [3.05, 3.63) is 63.6 Å². The number of hydrogen-bond acceptors (Lipinski definition) is 2. The minimum absolute atomic E-state index is 0.0242. The Hall–Kier alpha value is -1.93. The van der Waals surface area contributed by atoms with Gasteiger partial charge in [-0.25, -0.2) is 8.78 Å². The topological polar surface area (TPSA) is 33.0 Å². The SMILES string of the molecule is N#Cc1ccc(F)c(COc2cc(Br)ccc2F)c1. The Labute approximate surface area is 117 Å². The molecule has 19 heavy (non-hydrogen) atoms. The zero-order chi connectivity index (χ0) is 13.8. The van der Waals surface area contributed by atoms with Crippen molar-refractivity contribution in [2.45, 2.75) is 6.61 Å². The van der Waals surface area contributed by atoms with Crippen LogP contribution in [0.1, 0.15) is 11.1 Å². The molecule has 5 heteroatoms. The van der Waals surface area contributed by atoms with E-state index >= 15 is 0 Å². The molecule has 0 aromatic heterocycles.